The summed E-state index contributed by atoms with van der Waals surface area (Å²) in [5.74, 6) is 1.49. The van der Waals surface area contributed by atoms with E-state index in [0.29, 0.717) is 17.6 Å². The molecule has 0 saturated heterocycles. The normalized spacial score (nSPS) is 13.9. The van der Waals surface area contributed by atoms with Crippen molar-refractivity contribution in [3.8, 4) is 0 Å². The monoisotopic (exact) mass is 155 g/mol. The molecule has 0 saturated carbocycles. The minimum Gasteiger partial charge on any atom is -0.338 e. The molecule has 0 spiro atoms. The van der Waals surface area contributed by atoms with E-state index < -0.39 is 0 Å². The molecule has 0 radical (unpaired) electrons. The SMILES string of the molecule is Cc1noc([C@H](N)C(C)C)n1. The van der Waals surface area contributed by atoms with Crippen LogP contribution < -0.4 is 5.73 Å². The van der Waals surface area contributed by atoms with E-state index in [1.54, 1.807) is 6.92 Å². The van der Waals surface area contributed by atoms with E-state index in [2.05, 4.69) is 10.1 Å². The lowest BCUT2D eigenvalue weighted by molar-refractivity contribution is 0.323. The maximum absolute atomic E-state index is 5.75. The van der Waals surface area contributed by atoms with E-state index in [0.717, 1.165) is 0 Å². The van der Waals surface area contributed by atoms with Crippen molar-refractivity contribution in [2.24, 2.45) is 11.7 Å². The number of hydrogen-bond acceptors (Lipinski definition) is 4. The average molecular weight is 155 g/mol. The lowest BCUT2D eigenvalue weighted by atomic mass is 10.1. The molecule has 0 bridgehead atoms. The zero-order valence-corrected chi connectivity index (χ0v) is 7.03. The molecule has 0 aromatic carbocycles. The van der Waals surface area contributed by atoms with Crippen LogP contribution in [0.5, 0.6) is 0 Å². The van der Waals surface area contributed by atoms with Crippen LogP contribution in [-0.4, -0.2) is 10.1 Å². The molecule has 2 N–H and O–H groups in total. The minimum absolute atomic E-state index is 0.142. The number of hydrogen-bond donors (Lipinski definition) is 1. The fourth-order valence-electron chi connectivity index (χ4n) is 0.734. The molecule has 1 heterocycles. The van der Waals surface area contributed by atoms with E-state index in [-0.39, 0.29) is 6.04 Å². The Kier molecular flexibility index (Phi) is 2.24. The Balaban J connectivity index is 2.76. The molecular weight excluding hydrogens is 142 g/mol. The quantitative estimate of drug-likeness (QED) is 0.692. The molecule has 0 aliphatic carbocycles. The Morgan fingerprint density at radius 3 is 2.45 bits per heavy atom. The largest absolute Gasteiger partial charge is 0.338 e. The molecule has 11 heavy (non-hydrogen) atoms. The predicted molar refractivity (Wildman–Crippen MR) is 40.8 cm³/mol. The molecule has 0 aliphatic rings. The first-order valence-electron chi connectivity index (χ1n) is 3.67. The van der Waals surface area contributed by atoms with Gasteiger partial charge in [-0.05, 0) is 12.8 Å². The van der Waals surface area contributed by atoms with Gasteiger partial charge in [-0.25, -0.2) is 0 Å². The van der Waals surface area contributed by atoms with Crippen LogP contribution >= 0.6 is 0 Å². The molecule has 62 valence electrons. The Morgan fingerprint density at radius 2 is 2.09 bits per heavy atom. The van der Waals surface area contributed by atoms with Gasteiger partial charge in [0.25, 0.3) is 0 Å². The van der Waals surface area contributed by atoms with Crippen molar-refractivity contribution in [3.63, 3.8) is 0 Å². The van der Waals surface area contributed by atoms with E-state index in [9.17, 15) is 0 Å². The second kappa shape index (κ2) is 3.00. The predicted octanol–water partition coefficient (Wildman–Crippen LogP) is 1.03. The highest BCUT2D eigenvalue weighted by atomic mass is 16.5. The number of nitrogens with two attached hydrogens (primary N) is 1. The van der Waals surface area contributed by atoms with Crippen LogP contribution in [0.3, 0.4) is 0 Å². The Bertz CT molecular complexity index is 231. The number of aryl methyl sites for hydroxylation is 1. The van der Waals surface area contributed by atoms with Gasteiger partial charge in [-0.3, -0.25) is 0 Å². The van der Waals surface area contributed by atoms with E-state index in [4.69, 9.17) is 10.3 Å². The third-order valence-corrected chi connectivity index (χ3v) is 1.55. The van der Waals surface area contributed by atoms with Gasteiger partial charge in [-0.2, -0.15) is 4.98 Å². The van der Waals surface area contributed by atoms with E-state index in [1.807, 2.05) is 13.8 Å². The fourth-order valence-corrected chi connectivity index (χ4v) is 0.734. The summed E-state index contributed by atoms with van der Waals surface area (Å²) < 4.78 is 4.90. The van der Waals surface area contributed by atoms with Gasteiger partial charge < -0.3 is 10.3 Å². The van der Waals surface area contributed by atoms with Gasteiger partial charge in [0, 0.05) is 0 Å². The Morgan fingerprint density at radius 1 is 1.45 bits per heavy atom. The summed E-state index contributed by atoms with van der Waals surface area (Å²) in [6.07, 6.45) is 0. The van der Waals surface area contributed by atoms with Crippen LogP contribution in [0.15, 0.2) is 4.52 Å². The summed E-state index contributed by atoms with van der Waals surface area (Å²) in [6.45, 7) is 5.81. The van der Waals surface area contributed by atoms with Crippen LogP contribution in [0, 0.1) is 12.8 Å². The summed E-state index contributed by atoms with van der Waals surface area (Å²) in [7, 11) is 0. The van der Waals surface area contributed by atoms with Gasteiger partial charge in [0.15, 0.2) is 5.82 Å². The molecule has 0 unspecified atom stereocenters. The van der Waals surface area contributed by atoms with Crippen LogP contribution in [0.2, 0.25) is 0 Å². The van der Waals surface area contributed by atoms with Gasteiger partial charge in [0.05, 0.1) is 6.04 Å². The molecule has 4 heteroatoms. The van der Waals surface area contributed by atoms with Crippen LogP contribution in [0.25, 0.3) is 0 Å². The highest BCUT2D eigenvalue weighted by Gasteiger charge is 2.16. The third-order valence-electron chi connectivity index (χ3n) is 1.55. The molecular formula is C7H13N3O. The van der Waals surface area contributed by atoms with Gasteiger partial charge >= 0.3 is 0 Å². The first kappa shape index (κ1) is 8.20. The van der Waals surface area contributed by atoms with Crippen molar-refractivity contribution in [2.75, 3.05) is 0 Å². The van der Waals surface area contributed by atoms with Crippen LogP contribution in [0.1, 0.15) is 31.6 Å². The highest BCUT2D eigenvalue weighted by Crippen LogP contribution is 2.15. The smallest absolute Gasteiger partial charge is 0.243 e. The lowest BCUT2D eigenvalue weighted by Gasteiger charge is -2.08. The zero-order chi connectivity index (χ0) is 8.43. The Labute approximate surface area is 65.8 Å². The van der Waals surface area contributed by atoms with Crippen molar-refractivity contribution in [3.05, 3.63) is 11.7 Å². The maximum atomic E-state index is 5.75. The molecule has 1 aromatic rings. The van der Waals surface area contributed by atoms with Gasteiger partial charge in [0.2, 0.25) is 5.89 Å². The van der Waals surface area contributed by atoms with Crippen LogP contribution in [-0.2, 0) is 0 Å². The van der Waals surface area contributed by atoms with E-state index >= 15 is 0 Å². The summed E-state index contributed by atoms with van der Waals surface area (Å²) >= 11 is 0. The summed E-state index contributed by atoms with van der Waals surface area (Å²) in [5, 5.41) is 3.65. The molecule has 1 rings (SSSR count). The number of nitrogens with zero attached hydrogens (tertiary/aromatic N) is 2. The maximum Gasteiger partial charge on any atom is 0.243 e. The number of rotatable bonds is 2. The molecule has 0 amide bonds. The summed E-state index contributed by atoms with van der Waals surface area (Å²) in [5.41, 5.74) is 5.75. The summed E-state index contributed by atoms with van der Waals surface area (Å²) in [6, 6.07) is -0.142. The first-order chi connectivity index (χ1) is 5.11. The van der Waals surface area contributed by atoms with Crippen molar-refractivity contribution < 1.29 is 4.52 Å². The van der Waals surface area contributed by atoms with E-state index in [1.165, 1.54) is 0 Å². The zero-order valence-electron chi connectivity index (χ0n) is 7.03. The van der Waals surface area contributed by atoms with Crippen molar-refractivity contribution >= 4 is 0 Å². The van der Waals surface area contributed by atoms with Gasteiger partial charge in [-0.1, -0.05) is 19.0 Å². The van der Waals surface area contributed by atoms with Gasteiger partial charge in [-0.15, -0.1) is 0 Å². The highest BCUT2D eigenvalue weighted by molar-refractivity contribution is 4.90. The molecule has 1 atom stereocenters. The van der Waals surface area contributed by atoms with Gasteiger partial charge in [0.1, 0.15) is 0 Å². The number of aromatic nitrogens is 2. The van der Waals surface area contributed by atoms with Crippen molar-refractivity contribution in [2.45, 2.75) is 26.8 Å². The standard InChI is InChI=1S/C7H13N3O/c1-4(2)6(8)7-9-5(3)10-11-7/h4,6H,8H2,1-3H3/t6-/m1/s1. The lowest BCUT2D eigenvalue weighted by Crippen LogP contribution is -2.16. The average Bonchev–Trinajstić information content (AvgIpc) is 2.34. The second-order valence-electron chi connectivity index (χ2n) is 2.95. The first-order valence-corrected chi connectivity index (χ1v) is 3.67. The Hall–Kier alpha value is -0.900. The topological polar surface area (TPSA) is 64.9 Å². The molecule has 1 aromatic heterocycles. The van der Waals surface area contributed by atoms with Crippen molar-refractivity contribution in [1.29, 1.82) is 0 Å². The molecule has 0 aliphatic heterocycles. The van der Waals surface area contributed by atoms with Crippen molar-refractivity contribution in [1.82, 2.24) is 10.1 Å². The summed E-state index contributed by atoms with van der Waals surface area (Å²) in [4.78, 5) is 4.03. The van der Waals surface area contributed by atoms with Crippen LogP contribution in [0.4, 0.5) is 0 Å². The molecule has 4 nitrogen and oxygen atoms in total. The fraction of sp³-hybridized carbons (Fsp3) is 0.714. The molecule has 0 fully saturated rings. The third kappa shape index (κ3) is 1.77. The minimum atomic E-state index is -0.142. The second-order valence-corrected chi connectivity index (χ2v) is 2.95.